The van der Waals surface area contributed by atoms with Gasteiger partial charge in [0.15, 0.2) is 0 Å². The van der Waals surface area contributed by atoms with Crippen molar-refractivity contribution in [2.75, 3.05) is 13.2 Å². The lowest BCUT2D eigenvalue weighted by Crippen LogP contribution is -2.14. The lowest BCUT2D eigenvalue weighted by Gasteiger charge is -2.13. The number of ether oxygens (including phenoxy) is 1. The van der Waals surface area contributed by atoms with E-state index in [9.17, 15) is 18.3 Å². The van der Waals surface area contributed by atoms with Crippen LogP contribution in [0.15, 0.2) is 18.2 Å². The molecular weight excluding hydrogens is 245 g/mol. The van der Waals surface area contributed by atoms with Gasteiger partial charge in [0.1, 0.15) is 6.10 Å². The Balaban J connectivity index is 2.41. The summed E-state index contributed by atoms with van der Waals surface area (Å²) in [5.41, 5.74) is 2.79. The van der Waals surface area contributed by atoms with Gasteiger partial charge in [0.2, 0.25) is 0 Å². The molecule has 102 valence electrons. The van der Waals surface area contributed by atoms with Gasteiger partial charge in [-0.25, -0.2) is 0 Å². The minimum atomic E-state index is -4.22. The summed E-state index contributed by atoms with van der Waals surface area (Å²) >= 11 is 0. The highest BCUT2D eigenvalue weighted by Crippen LogP contribution is 2.20. The zero-order chi connectivity index (χ0) is 13.8. The summed E-state index contributed by atoms with van der Waals surface area (Å²) in [6.07, 6.45) is -6.10. The summed E-state index contributed by atoms with van der Waals surface area (Å²) in [6.45, 7) is 3.31. The second kappa shape index (κ2) is 6.20. The van der Waals surface area contributed by atoms with E-state index >= 15 is 0 Å². The number of aliphatic hydroxyl groups is 1. The highest BCUT2D eigenvalue weighted by atomic mass is 19.4. The highest BCUT2D eigenvalue weighted by Gasteiger charge is 2.26. The van der Waals surface area contributed by atoms with Crippen LogP contribution in [-0.4, -0.2) is 24.5 Å². The third-order valence-corrected chi connectivity index (χ3v) is 2.72. The van der Waals surface area contributed by atoms with Gasteiger partial charge in [-0.3, -0.25) is 0 Å². The van der Waals surface area contributed by atoms with E-state index in [0.29, 0.717) is 5.56 Å². The fraction of sp³-hybridized carbons (Fsp3) is 0.538. The zero-order valence-corrected chi connectivity index (χ0v) is 10.4. The Kier molecular flexibility index (Phi) is 5.16. The van der Waals surface area contributed by atoms with E-state index in [1.54, 1.807) is 6.07 Å². The summed E-state index contributed by atoms with van der Waals surface area (Å²) in [4.78, 5) is 0. The average molecular weight is 262 g/mol. The monoisotopic (exact) mass is 262 g/mol. The molecule has 0 aliphatic rings. The maximum atomic E-state index is 11.9. The molecule has 1 rings (SSSR count). The van der Waals surface area contributed by atoms with E-state index < -0.39 is 25.3 Å². The molecule has 1 atom stereocenters. The maximum Gasteiger partial charge on any atom is 0.391 e. The second-order valence-electron chi connectivity index (χ2n) is 4.30. The number of aryl methyl sites for hydroxylation is 2. The third kappa shape index (κ3) is 5.06. The van der Waals surface area contributed by atoms with Gasteiger partial charge < -0.3 is 9.84 Å². The Hall–Kier alpha value is -1.07. The predicted octanol–water partition coefficient (Wildman–Crippen LogP) is 3.31. The van der Waals surface area contributed by atoms with Crippen molar-refractivity contribution in [1.82, 2.24) is 0 Å². The first-order chi connectivity index (χ1) is 8.29. The van der Waals surface area contributed by atoms with Crippen molar-refractivity contribution < 1.29 is 23.0 Å². The van der Waals surface area contributed by atoms with Crippen molar-refractivity contribution in [3.05, 3.63) is 34.9 Å². The molecule has 1 aromatic carbocycles. The Morgan fingerprint density at radius 3 is 2.44 bits per heavy atom. The normalized spacial score (nSPS) is 13.7. The molecule has 2 nitrogen and oxygen atoms in total. The molecular formula is C13H17F3O2. The molecule has 0 radical (unpaired) electrons. The molecule has 0 aromatic heterocycles. The summed E-state index contributed by atoms with van der Waals surface area (Å²) < 4.78 is 40.4. The third-order valence-electron chi connectivity index (χ3n) is 2.72. The molecule has 0 aliphatic heterocycles. The molecule has 0 amide bonds. The lowest BCUT2D eigenvalue weighted by molar-refractivity contribution is -0.147. The molecule has 0 spiro atoms. The number of hydrogen-bond donors (Lipinski definition) is 1. The van der Waals surface area contributed by atoms with Crippen LogP contribution in [0.3, 0.4) is 0 Å². The Bertz CT molecular complexity index is 388. The van der Waals surface area contributed by atoms with Crippen LogP contribution in [0.2, 0.25) is 0 Å². The minimum Gasteiger partial charge on any atom is -0.386 e. The van der Waals surface area contributed by atoms with Crippen molar-refractivity contribution in [1.29, 1.82) is 0 Å². The number of hydrogen-bond acceptors (Lipinski definition) is 2. The topological polar surface area (TPSA) is 29.5 Å². The largest absolute Gasteiger partial charge is 0.391 e. The van der Waals surface area contributed by atoms with Crippen LogP contribution >= 0.6 is 0 Å². The van der Waals surface area contributed by atoms with Crippen LogP contribution in [0.4, 0.5) is 13.2 Å². The van der Waals surface area contributed by atoms with Crippen molar-refractivity contribution >= 4 is 0 Å². The van der Waals surface area contributed by atoms with E-state index in [-0.39, 0.29) is 6.61 Å². The van der Waals surface area contributed by atoms with Gasteiger partial charge in [-0.2, -0.15) is 13.2 Å². The minimum absolute atomic E-state index is 0.126. The average Bonchev–Trinajstić information content (AvgIpc) is 2.26. The van der Waals surface area contributed by atoms with Crippen LogP contribution < -0.4 is 0 Å². The number of aliphatic hydroxyl groups excluding tert-OH is 1. The van der Waals surface area contributed by atoms with E-state index in [0.717, 1.165) is 11.1 Å². The zero-order valence-electron chi connectivity index (χ0n) is 10.4. The summed E-state index contributed by atoms with van der Waals surface area (Å²) in [5.74, 6) is 0. The Labute approximate surface area is 104 Å². The molecule has 1 aromatic rings. The lowest BCUT2D eigenvalue weighted by atomic mass is 10.0. The molecule has 0 saturated heterocycles. The first-order valence-electron chi connectivity index (χ1n) is 5.69. The number of rotatable bonds is 5. The van der Waals surface area contributed by atoms with Crippen LogP contribution in [0.5, 0.6) is 0 Å². The van der Waals surface area contributed by atoms with Crippen LogP contribution in [0.25, 0.3) is 0 Å². The number of alkyl halides is 3. The standard InChI is InChI=1S/C13H17F3O2/c1-9-3-4-11(7-10(9)2)12(17)8-18-6-5-13(14,15)16/h3-4,7,12,17H,5-6,8H2,1-2H3. The Morgan fingerprint density at radius 2 is 1.89 bits per heavy atom. The fourth-order valence-electron chi connectivity index (χ4n) is 1.45. The first kappa shape index (κ1) is 15.0. The summed E-state index contributed by atoms with van der Waals surface area (Å²) in [6, 6.07) is 5.43. The van der Waals surface area contributed by atoms with Crippen molar-refractivity contribution in [2.24, 2.45) is 0 Å². The highest BCUT2D eigenvalue weighted by molar-refractivity contribution is 5.31. The van der Waals surface area contributed by atoms with Gasteiger partial charge in [-0.15, -0.1) is 0 Å². The van der Waals surface area contributed by atoms with Crippen LogP contribution in [-0.2, 0) is 4.74 Å². The fourth-order valence-corrected chi connectivity index (χ4v) is 1.45. The van der Waals surface area contributed by atoms with Gasteiger partial charge in [0.25, 0.3) is 0 Å². The molecule has 1 unspecified atom stereocenters. The predicted molar refractivity (Wildman–Crippen MR) is 62.4 cm³/mol. The van der Waals surface area contributed by atoms with E-state index in [2.05, 4.69) is 0 Å². The van der Waals surface area contributed by atoms with Crippen molar-refractivity contribution in [3.63, 3.8) is 0 Å². The first-order valence-corrected chi connectivity index (χ1v) is 5.69. The molecule has 0 fully saturated rings. The SMILES string of the molecule is Cc1ccc(C(O)COCCC(F)(F)F)cc1C. The van der Waals surface area contributed by atoms with Gasteiger partial charge in [0, 0.05) is 0 Å². The quantitative estimate of drug-likeness (QED) is 0.825. The molecule has 5 heteroatoms. The summed E-state index contributed by atoms with van der Waals surface area (Å²) in [7, 11) is 0. The number of benzene rings is 1. The van der Waals surface area contributed by atoms with Gasteiger partial charge in [-0.1, -0.05) is 18.2 Å². The van der Waals surface area contributed by atoms with Gasteiger partial charge >= 0.3 is 6.18 Å². The maximum absolute atomic E-state index is 11.9. The van der Waals surface area contributed by atoms with Crippen molar-refractivity contribution in [2.45, 2.75) is 32.5 Å². The molecule has 0 bridgehead atoms. The van der Waals surface area contributed by atoms with E-state index in [1.807, 2.05) is 26.0 Å². The molecule has 0 heterocycles. The van der Waals surface area contributed by atoms with E-state index in [4.69, 9.17) is 4.74 Å². The molecule has 0 aliphatic carbocycles. The molecule has 0 saturated carbocycles. The molecule has 18 heavy (non-hydrogen) atoms. The van der Waals surface area contributed by atoms with Gasteiger partial charge in [0.05, 0.1) is 19.6 Å². The number of halogens is 3. The van der Waals surface area contributed by atoms with Crippen molar-refractivity contribution in [3.8, 4) is 0 Å². The smallest absolute Gasteiger partial charge is 0.386 e. The van der Waals surface area contributed by atoms with Crippen LogP contribution in [0, 0.1) is 13.8 Å². The summed E-state index contributed by atoms with van der Waals surface area (Å²) in [5, 5.41) is 9.76. The molecule has 1 N–H and O–H groups in total. The van der Waals surface area contributed by atoms with E-state index in [1.165, 1.54) is 0 Å². The van der Waals surface area contributed by atoms with Crippen LogP contribution in [0.1, 0.15) is 29.2 Å². The Morgan fingerprint density at radius 1 is 1.22 bits per heavy atom. The van der Waals surface area contributed by atoms with Gasteiger partial charge in [-0.05, 0) is 30.5 Å². The second-order valence-corrected chi connectivity index (χ2v) is 4.30.